The first-order valence-electron chi connectivity index (χ1n) is 6.50. The number of hydrogen-bond donors (Lipinski definition) is 2. The second-order valence-electron chi connectivity index (χ2n) is 5.08. The number of nitrogens with zero attached hydrogens (tertiary/aromatic N) is 2. The average molecular weight is 278 g/mol. The summed E-state index contributed by atoms with van der Waals surface area (Å²) >= 11 is 0. The van der Waals surface area contributed by atoms with E-state index in [2.05, 4.69) is 17.3 Å². The summed E-state index contributed by atoms with van der Waals surface area (Å²) in [7, 11) is 2.06. The van der Waals surface area contributed by atoms with E-state index in [-0.39, 0.29) is 17.3 Å². The minimum absolute atomic E-state index is 0.111. The maximum atomic E-state index is 11.1. The minimum Gasteiger partial charge on any atom is -0.377 e. The summed E-state index contributed by atoms with van der Waals surface area (Å²) in [6.45, 7) is 1.93. The molecule has 0 aromatic heterocycles. The number of nitro groups is 1. The third-order valence-electron chi connectivity index (χ3n) is 3.56. The number of carbonyl (C=O) groups is 1. The number of piperidine rings is 1. The van der Waals surface area contributed by atoms with E-state index in [0.717, 1.165) is 25.9 Å². The van der Waals surface area contributed by atoms with Crippen molar-refractivity contribution in [2.24, 2.45) is 5.73 Å². The van der Waals surface area contributed by atoms with Crippen molar-refractivity contribution in [3.8, 4) is 0 Å². The number of rotatable bonds is 4. The van der Waals surface area contributed by atoms with Gasteiger partial charge in [-0.15, -0.1) is 0 Å². The van der Waals surface area contributed by atoms with Gasteiger partial charge in [-0.05, 0) is 45.1 Å². The van der Waals surface area contributed by atoms with Gasteiger partial charge in [0.05, 0.1) is 4.92 Å². The second kappa shape index (κ2) is 5.87. The Morgan fingerprint density at radius 3 is 2.65 bits per heavy atom. The molecule has 1 aliphatic heterocycles. The third-order valence-corrected chi connectivity index (χ3v) is 3.56. The molecule has 0 bridgehead atoms. The van der Waals surface area contributed by atoms with Crippen molar-refractivity contribution < 1.29 is 9.72 Å². The second-order valence-corrected chi connectivity index (χ2v) is 5.08. The first kappa shape index (κ1) is 14.3. The summed E-state index contributed by atoms with van der Waals surface area (Å²) in [5.74, 6) is -0.668. The Bertz CT molecular complexity index is 524. The van der Waals surface area contributed by atoms with E-state index in [1.807, 2.05) is 0 Å². The van der Waals surface area contributed by atoms with Crippen LogP contribution in [0.25, 0.3) is 0 Å². The van der Waals surface area contributed by atoms with Crippen molar-refractivity contribution in [2.45, 2.75) is 18.9 Å². The Labute approximate surface area is 116 Å². The highest BCUT2D eigenvalue weighted by Gasteiger charge is 2.21. The fourth-order valence-corrected chi connectivity index (χ4v) is 2.33. The molecular formula is C13H18N4O3. The standard InChI is InChI=1S/C13H18N4O3/c1-16-6-4-10(5-7-16)15-11-3-2-9(13(14)18)8-12(11)17(19)20/h2-3,8,10,15H,4-7H2,1H3,(H2,14,18). The van der Waals surface area contributed by atoms with E-state index in [1.54, 1.807) is 6.07 Å². The van der Waals surface area contributed by atoms with Crippen LogP contribution in [-0.4, -0.2) is 41.9 Å². The van der Waals surface area contributed by atoms with Crippen molar-refractivity contribution in [3.63, 3.8) is 0 Å². The average Bonchev–Trinajstić information content (AvgIpc) is 2.41. The molecule has 20 heavy (non-hydrogen) atoms. The fourth-order valence-electron chi connectivity index (χ4n) is 2.33. The van der Waals surface area contributed by atoms with Crippen LogP contribution >= 0.6 is 0 Å². The van der Waals surface area contributed by atoms with Crippen LogP contribution in [0.15, 0.2) is 18.2 Å². The molecule has 1 aromatic rings. The van der Waals surface area contributed by atoms with Crippen LogP contribution in [-0.2, 0) is 0 Å². The monoisotopic (exact) mass is 278 g/mol. The van der Waals surface area contributed by atoms with Gasteiger partial charge in [0.2, 0.25) is 5.91 Å². The molecule has 0 atom stereocenters. The lowest BCUT2D eigenvalue weighted by Crippen LogP contribution is -2.36. The summed E-state index contributed by atoms with van der Waals surface area (Å²) in [5.41, 5.74) is 5.62. The van der Waals surface area contributed by atoms with E-state index in [9.17, 15) is 14.9 Å². The molecule has 7 nitrogen and oxygen atoms in total. The lowest BCUT2D eigenvalue weighted by molar-refractivity contribution is -0.384. The van der Waals surface area contributed by atoms with Gasteiger partial charge in [-0.1, -0.05) is 0 Å². The lowest BCUT2D eigenvalue weighted by atomic mass is 10.0. The van der Waals surface area contributed by atoms with Gasteiger partial charge < -0.3 is 16.0 Å². The number of nitrogens with one attached hydrogen (secondary N) is 1. The molecule has 0 aliphatic carbocycles. The predicted octanol–water partition coefficient (Wildman–Crippen LogP) is 1.20. The largest absolute Gasteiger partial charge is 0.377 e. The van der Waals surface area contributed by atoms with E-state index in [0.29, 0.717) is 5.69 Å². The smallest absolute Gasteiger partial charge is 0.293 e. The van der Waals surface area contributed by atoms with E-state index < -0.39 is 10.8 Å². The van der Waals surface area contributed by atoms with Gasteiger partial charge in [0, 0.05) is 17.7 Å². The van der Waals surface area contributed by atoms with Crippen molar-refractivity contribution in [1.29, 1.82) is 0 Å². The Morgan fingerprint density at radius 1 is 1.45 bits per heavy atom. The number of anilines is 1. The minimum atomic E-state index is -0.668. The SMILES string of the molecule is CN1CCC(Nc2ccc(C(N)=O)cc2[N+](=O)[O-])CC1. The molecule has 1 aliphatic rings. The number of likely N-dealkylation sites (tertiary alicyclic amines) is 1. The summed E-state index contributed by atoms with van der Waals surface area (Å²) in [5, 5.41) is 14.3. The van der Waals surface area contributed by atoms with Gasteiger partial charge in [-0.2, -0.15) is 0 Å². The molecule has 108 valence electrons. The Balaban J connectivity index is 2.18. The van der Waals surface area contributed by atoms with Crippen LogP contribution in [0.3, 0.4) is 0 Å². The Kier molecular flexibility index (Phi) is 4.19. The quantitative estimate of drug-likeness (QED) is 0.636. The van der Waals surface area contributed by atoms with Crippen molar-refractivity contribution in [2.75, 3.05) is 25.5 Å². The number of benzene rings is 1. The van der Waals surface area contributed by atoms with Crippen LogP contribution in [0, 0.1) is 10.1 Å². The van der Waals surface area contributed by atoms with Crippen LogP contribution in [0.1, 0.15) is 23.2 Å². The topological polar surface area (TPSA) is 102 Å². The number of nitro benzene ring substituents is 1. The maximum absolute atomic E-state index is 11.1. The van der Waals surface area contributed by atoms with Gasteiger partial charge in [0.1, 0.15) is 5.69 Å². The zero-order valence-corrected chi connectivity index (χ0v) is 11.3. The number of nitrogens with two attached hydrogens (primary N) is 1. The third kappa shape index (κ3) is 3.24. The molecule has 0 radical (unpaired) electrons. The summed E-state index contributed by atoms with van der Waals surface area (Å²) in [6.07, 6.45) is 1.87. The number of hydrogen-bond acceptors (Lipinski definition) is 5. The molecule has 1 aromatic carbocycles. The highest BCUT2D eigenvalue weighted by Crippen LogP contribution is 2.27. The Hall–Kier alpha value is -2.15. The zero-order valence-electron chi connectivity index (χ0n) is 11.3. The summed E-state index contributed by atoms with van der Waals surface area (Å²) in [4.78, 5) is 23.9. The van der Waals surface area contributed by atoms with Crippen LogP contribution in [0.4, 0.5) is 11.4 Å². The molecular weight excluding hydrogens is 260 g/mol. The van der Waals surface area contributed by atoms with Crippen molar-refractivity contribution in [3.05, 3.63) is 33.9 Å². The molecule has 0 unspecified atom stereocenters. The lowest BCUT2D eigenvalue weighted by Gasteiger charge is -2.30. The van der Waals surface area contributed by atoms with Gasteiger partial charge in [-0.3, -0.25) is 14.9 Å². The Morgan fingerprint density at radius 2 is 2.10 bits per heavy atom. The van der Waals surface area contributed by atoms with E-state index >= 15 is 0 Å². The van der Waals surface area contributed by atoms with E-state index in [1.165, 1.54) is 12.1 Å². The predicted molar refractivity (Wildman–Crippen MR) is 75.8 cm³/mol. The highest BCUT2D eigenvalue weighted by atomic mass is 16.6. The van der Waals surface area contributed by atoms with Crippen LogP contribution in [0.2, 0.25) is 0 Å². The molecule has 2 rings (SSSR count). The molecule has 3 N–H and O–H groups in total. The zero-order chi connectivity index (χ0) is 14.7. The summed E-state index contributed by atoms with van der Waals surface area (Å²) in [6, 6.07) is 4.49. The molecule has 1 saturated heterocycles. The van der Waals surface area contributed by atoms with E-state index in [4.69, 9.17) is 5.73 Å². The van der Waals surface area contributed by atoms with Crippen LogP contribution < -0.4 is 11.1 Å². The number of amides is 1. The van der Waals surface area contributed by atoms with Gasteiger partial charge in [0.15, 0.2) is 0 Å². The van der Waals surface area contributed by atoms with Gasteiger partial charge in [-0.25, -0.2) is 0 Å². The molecule has 0 spiro atoms. The van der Waals surface area contributed by atoms with Crippen molar-refractivity contribution >= 4 is 17.3 Å². The maximum Gasteiger partial charge on any atom is 0.293 e. The molecule has 1 fully saturated rings. The van der Waals surface area contributed by atoms with Crippen LogP contribution in [0.5, 0.6) is 0 Å². The number of carbonyl (C=O) groups excluding carboxylic acids is 1. The first-order chi connectivity index (χ1) is 9.47. The normalized spacial score (nSPS) is 16.9. The van der Waals surface area contributed by atoms with Crippen molar-refractivity contribution in [1.82, 2.24) is 4.90 Å². The van der Waals surface area contributed by atoms with Gasteiger partial charge >= 0.3 is 0 Å². The molecule has 7 heteroatoms. The number of primary amides is 1. The summed E-state index contributed by atoms with van der Waals surface area (Å²) < 4.78 is 0. The highest BCUT2D eigenvalue weighted by molar-refractivity contribution is 5.94. The van der Waals surface area contributed by atoms with Gasteiger partial charge in [0.25, 0.3) is 5.69 Å². The molecule has 1 amide bonds. The molecule has 0 saturated carbocycles. The molecule has 1 heterocycles. The fraction of sp³-hybridized carbons (Fsp3) is 0.462. The first-order valence-corrected chi connectivity index (χ1v) is 6.50.